The Labute approximate surface area is 151 Å². The van der Waals surface area contributed by atoms with Gasteiger partial charge in [0.05, 0.1) is 23.9 Å². The smallest absolute Gasteiger partial charge is 0.210 e. The Hall–Kier alpha value is -1.86. The summed E-state index contributed by atoms with van der Waals surface area (Å²) in [5, 5.41) is 0. The highest BCUT2D eigenvalue weighted by molar-refractivity contribution is 5.57. The average Bonchev–Trinajstić information content (AvgIpc) is 3.25. The lowest BCUT2D eigenvalue weighted by atomic mass is 10.1. The highest BCUT2D eigenvalue weighted by Crippen LogP contribution is 2.41. The van der Waals surface area contributed by atoms with Gasteiger partial charge < -0.3 is 14.4 Å². The molecular weight excluding hydrogens is 347 g/mol. The molecule has 1 aromatic carbocycles. The topological polar surface area (TPSA) is 38.8 Å². The van der Waals surface area contributed by atoms with Gasteiger partial charge in [-0.1, -0.05) is 12.2 Å². The maximum atomic E-state index is 13.1. The Morgan fingerprint density at radius 3 is 2.15 bits per heavy atom. The first kappa shape index (κ1) is 20.5. The predicted molar refractivity (Wildman–Crippen MR) is 90.9 cm³/mol. The molecule has 0 radical (unpaired) electrons. The lowest BCUT2D eigenvalue weighted by molar-refractivity contribution is -0.119. The maximum absolute atomic E-state index is 13.1. The molecule has 3 rings (SSSR count). The quantitative estimate of drug-likeness (QED) is 0.461. The minimum Gasteiger partial charge on any atom is -0.379 e. The number of hydrogen-bond donors (Lipinski definition) is 0. The van der Waals surface area contributed by atoms with Crippen molar-refractivity contribution in [1.82, 2.24) is 4.90 Å². The van der Waals surface area contributed by atoms with Crippen LogP contribution in [0.3, 0.4) is 0 Å². The molecule has 1 aliphatic carbocycles. The van der Waals surface area contributed by atoms with Crippen LogP contribution in [0.1, 0.15) is 32.8 Å². The van der Waals surface area contributed by atoms with E-state index in [1.807, 2.05) is 32.9 Å². The van der Waals surface area contributed by atoms with E-state index in [1.165, 1.54) is 0 Å². The molecular formula is C19H24F3NO3. The van der Waals surface area contributed by atoms with E-state index < -0.39 is 17.5 Å². The number of methoxy groups -OCH3 is 1. The Morgan fingerprint density at radius 2 is 1.77 bits per heavy atom. The van der Waals surface area contributed by atoms with Crippen LogP contribution in [0.4, 0.5) is 13.2 Å². The number of nitrogens with zero attached hydrogens (tertiary/aromatic N) is 1. The number of carbonyl (C=O) groups excluding carboxylic acids is 1. The maximum Gasteiger partial charge on any atom is 0.210 e. The Bertz CT molecular complexity index is 656. The van der Waals surface area contributed by atoms with Crippen molar-refractivity contribution in [3.63, 3.8) is 0 Å². The van der Waals surface area contributed by atoms with E-state index in [0.29, 0.717) is 13.0 Å². The van der Waals surface area contributed by atoms with E-state index in [0.717, 1.165) is 18.5 Å². The van der Waals surface area contributed by atoms with E-state index in [4.69, 9.17) is 9.47 Å². The third kappa shape index (κ3) is 5.08. The number of hydrogen-bond acceptors (Lipinski definition) is 3. The second-order valence-corrected chi connectivity index (χ2v) is 7.41. The molecule has 1 aromatic rings. The molecule has 0 bridgehead atoms. The summed E-state index contributed by atoms with van der Waals surface area (Å²) in [7, 11) is 1.71. The highest BCUT2D eigenvalue weighted by atomic mass is 19.2. The summed E-state index contributed by atoms with van der Waals surface area (Å²) in [4.78, 5) is 12.5. The molecule has 0 aromatic heterocycles. The van der Waals surface area contributed by atoms with Crippen molar-refractivity contribution in [1.29, 1.82) is 0 Å². The number of benzene rings is 1. The molecule has 4 nitrogen and oxygen atoms in total. The number of halogens is 3. The summed E-state index contributed by atoms with van der Waals surface area (Å²) < 4.78 is 49.4. The molecule has 1 spiro atoms. The van der Waals surface area contributed by atoms with Gasteiger partial charge in [-0.05, 0) is 38.5 Å². The van der Waals surface area contributed by atoms with Crippen LogP contribution < -0.4 is 0 Å². The van der Waals surface area contributed by atoms with Crippen LogP contribution in [0, 0.1) is 17.5 Å². The number of rotatable bonds is 4. The molecule has 2 aliphatic rings. The van der Waals surface area contributed by atoms with Crippen molar-refractivity contribution >= 4 is 6.41 Å². The number of amides is 1. The first-order chi connectivity index (χ1) is 12.1. The second kappa shape index (κ2) is 7.80. The van der Waals surface area contributed by atoms with E-state index in [2.05, 4.69) is 0 Å². The molecule has 7 heteroatoms. The van der Waals surface area contributed by atoms with Gasteiger partial charge in [0.1, 0.15) is 0 Å². The van der Waals surface area contributed by atoms with Crippen LogP contribution in [-0.4, -0.2) is 42.2 Å². The summed E-state index contributed by atoms with van der Waals surface area (Å²) in [6, 6.07) is 1.83. The number of ether oxygens (including phenoxy) is 2. The predicted octanol–water partition coefficient (Wildman–Crippen LogP) is 3.59. The van der Waals surface area contributed by atoms with Crippen LogP contribution in [0.25, 0.3) is 0 Å². The molecule has 1 saturated heterocycles. The Kier molecular flexibility index (Phi) is 6.13. The van der Waals surface area contributed by atoms with Crippen LogP contribution in [-0.2, 0) is 20.9 Å². The van der Waals surface area contributed by atoms with Gasteiger partial charge in [-0.3, -0.25) is 4.79 Å². The second-order valence-electron chi connectivity index (χ2n) is 7.41. The van der Waals surface area contributed by atoms with Crippen LogP contribution in [0.15, 0.2) is 24.3 Å². The van der Waals surface area contributed by atoms with Gasteiger partial charge in [-0.2, -0.15) is 0 Å². The first-order valence-electron chi connectivity index (χ1n) is 8.33. The van der Waals surface area contributed by atoms with Gasteiger partial charge in [-0.25, -0.2) is 13.2 Å². The van der Waals surface area contributed by atoms with Crippen molar-refractivity contribution < 1.29 is 27.4 Å². The number of carbonyl (C=O) groups is 1. The zero-order valence-electron chi connectivity index (χ0n) is 15.4. The molecule has 1 amide bonds. The fourth-order valence-electron chi connectivity index (χ4n) is 2.52. The molecule has 1 heterocycles. The molecule has 1 unspecified atom stereocenters. The standard InChI is InChI=1S/C14H12F3NO2.C5H12O/c15-11-3-9(4-12(16)13(11)17)7-20-10-5-14(1-2-14)18(6-10)8-19;1-5(2,3)6-4/h1-4,8,10H,5-7H2;1-4H3. The first-order valence-corrected chi connectivity index (χ1v) is 8.33. The molecule has 0 saturated carbocycles. The third-order valence-electron chi connectivity index (χ3n) is 4.31. The largest absolute Gasteiger partial charge is 0.379 e. The van der Waals surface area contributed by atoms with Gasteiger partial charge in [0.2, 0.25) is 6.41 Å². The minimum atomic E-state index is -1.48. The van der Waals surface area contributed by atoms with Crippen LogP contribution in [0.2, 0.25) is 0 Å². The lowest BCUT2D eigenvalue weighted by Crippen LogP contribution is -2.31. The average molecular weight is 371 g/mol. The fourth-order valence-corrected chi connectivity index (χ4v) is 2.52. The van der Waals surface area contributed by atoms with Crippen molar-refractivity contribution in [2.24, 2.45) is 0 Å². The fraction of sp³-hybridized carbons (Fsp3) is 0.526. The van der Waals surface area contributed by atoms with Crippen LogP contribution in [0.5, 0.6) is 0 Å². The van der Waals surface area contributed by atoms with Crippen molar-refractivity contribution in [2.45, 2.75) is 51.0 Å². The van der Waals surface area contributed by atoms with Crippen molar-refractivity contribution in [3.8, 4) is 0 Å². The van der Waals surface area contributed by atoms with Gasteiger partial charge in [-0.15, -0.1) is 0 Å². The zero-order chi connectivity index (χ0) is 19.5. The Morgan fingerprint density at radius 1 is 1.23 bits per heavy atom. The van der Waals surface area contributed by atoms with Crippen molar-refractivity contribution in [2.75, 3.05) is 13.7 Å². The lowest BCUT2D eigenvalue weighted by Gasteiger charge is -2.17. The molecule has 0 N–H and O–H groups in total. The molecule has 1 atom stereocenters. The van der Waals surface area contributed by atoms with E-state index in [1.54, 1.807) is 12.0 Å². The van der Waals surface area contributed by atoms with Crippen molar-refractivity contribution in [3.05, 3.63) is 47.3 Å². The Balaban J connectivity index is 0.000000352. The molecule has 144 valence electrons. The summed E-state index contributed by atoms with van der Waals surface area (Å²) in [6.07, 6.45) is 5.04. The minimum absolute atomic E-state index is 0.0262. The van der Waals surface area contributed by atoms with E-state index in [9.17, 15) is 18.0 Å². The number of likely N-dealkylation sites (tertiary alicyclic amines) is 1. The van der Waals surface area contributed by atoms with Gasteiger partial charge >= 0.3 is 0 Å². The normalized spacial score (nSPS) is 20.1. The highest BCUT2D eigenvalue weighted by Gasteiger charge is 2.48. The van der Waals surface area contributed by atoms with Gasteiger partial charge in [0.15, 0.2) is 17.5 Å². The summed E-state index contributed by atoms with van der Waals surface area (Å²) in [6.45, 7) is 6.47. The molecule has 1 aliphatic heterocycles. The van der Waals surface area contributed by atoms with Crippen LogP contribution >= 0.6 is 0 Å². The monoisotopic (exact) mass is 371 g/mol. The van der Waals surface area contributed by atoms with Gasteiger partial charge in [0, 0.05) is 20.1 Å². The SMILES string of the molecule is COC(C)(C)C.O=CN1CC(OCc2cc(F)c(F)c(F)c2)CC12C=C2. The van der Waals surface area contributed by atoms with E-state index in [-0.39, 0.29) is 29.4 Å². The van der Waals surface area contributed by atoms with Gasteiger partial charge in [0.25, 0.3) is 0 Å². The van der Waals surface area contributed by atoms with E-state index >= 15 is 0 Å². The molecule has 26 heavy (non-hydrogen) atoms. The third-order valence-corrected chi connectivity index (χ3v) is 4.31. The zero-order valence-corrected chi connectivity index (χ0v) is 15.4. The summed E-state index contributed by atoms with van der Waals surface area (Å²) >= 11 is 0. The summed E-state index contributed by atoms with van der Waals surface area (Å²) in [5.41, 5.74) is -0.0325. The summed E-state index contributed by atoms with van der Waals surface area (Å²) in [5.74, 6) is -3.95. The molecule has 1 fully saturated rings.